The summed E-state index contributed by atoms with van der Waals surface area (Å²) in [5, 5.41) is 0. The normalized spacial score (nSPS) is 20.7. The second-order valence-corrected chi connectivity index (χ2v) is 5.15. The van der Waals surface area contributed by atoms with Crippen LogP contribution in [0, 0.1) is 5.92 Å². The largest absolute Gasteiger partial charge is 0.482 e. The highest BCUT2D eigenvalue weighted by Gasteiger charge is 2.20. The Balaban J connectivity index is 1.85. The van der Waals surface area contributed by atoms with Crippen molar-refractivity contribution in [3.8, 4) is 5.88 Å². The summed E-state index contributed by atoms with van der Waals surface area (Å²) in [4.78, 5) is 7.06. The van der Waals surface area contributed by atoms with Crippen LogP contribution in [0.1, 0.15) is 12.1 Å². The summed E-state index contributed by atoms with van der Waals surface area (Å²) in [7, 11) is 3.88. The lowest BCUT2D eigenvalue weighted by Crippen LogP contribution is -2.15. The van der Waals surface area contributed by atoms with Gasteiger partial charge in [-0.15, -0.1) is 0 Å². The third-order valence-corrected chi connectivity index (χ3v) is 3.70. The number of nitrogens with zero attached hydrogens (tertiary/aromatic N) is 3. The lowest BCUT2D eigenvalue weighted by atomic mass is 10.0. The van der Waals surface area contributed by atoms with Gasteiger partial charge in [-0.25, -0.2) is 4.98 Å². The van der Waals surface area contributed by atoms with E-state index in [9.17, 15) is 0 Å². The second kappa shape index (κ2) is 4.61. The number of hydrogen-bond donors (Lipinski definition) is 0. The second-order valence-electron chi connectivity index (χ2n) is 5.15. The third-order valence-electron chi connectivity index (χ3n) is 3.70. The molecule has 0 aromatic carbocycles. The zero-order valence-electron chi connectivity index (χ0n) is 11.0. The van der Waals surface area contributed by atoms with Crippen LogP contribution in [0.4, 0.5) is 0 Å². The first kappa shape index (κ1) is 11.5. The number of imidazole rings is 1. The minimum absolute atomic E-state index is 0.742. The Morgan fingerprint density at radius 2 is 2.33 bits per heavy atom. The Morgan fingerprint density at radius 1 is 1.44 bits per heavy atom. The maximum atomic E-state index is 5.34. The van der Waals surface area contributed by atoms with Crippen LogP contribution >= 0.6 is 0 Å². The van der Waals surface area contributed by atoms with Crippen LogP contribution in [0.3, 0.4) is 0 Å². The summed E-state index contributed by atoms with van der Waals surface area (Å²) in [6, 6.07) is 5.96. The van der Waals surface area contributed by atoms with Crippen LogP contribution in [0.5, 0.6) is 5.88 Å². The first-order valence-corrected chi connectivity index (χ1v) is 6.46. The molecule has 0 spiro atoms. The summed E-state index contributed by atoms with van der Waals surface area (Å²) < 4.78 is 7.36. The number of pyridine rings is 1. The van der Waals surface area contributed by atoms with E-state index >= 15 is 0 Å². The predicted octanol–water partition coefficient (Wildman–Crippen LogP) is 1.84. The molecule has 0 amide bonds. The summed E-state index contributed by atoms with van der Waals surface area (Å²) in [6.07, 6.45) is 4.45. The molecule has 1 aliphatic rings. The van der Waals surface area contributed by atoms with Gasteiger partial charge in [0.05, 0.1) is 12.8 Å². The molecule has 3 rings (SSSR count). The quantitative estimate of drug-likeness (QED) is 0.826. The molecule has 96 valence electrons. The minimum Gasteiger partial charge on any atom is -0.482 e. The van der Waals surface area contributed by atoms with E-state index in [1.807, 2.05) is 22.6 Å². The van der Waals surface area contributed by atoms with Gasteiger partial charge in [-0.1, -0.05) is 6.07 Å². The van der Waals surface area contributed by atoms with Gasteiger partial charge in [0.15, 0.2) is 5.88 Å². The maximum Gasteiger partial charge on any atom is 0.198 e. The van der Waals surface area contributed by atoms with Gasteiger partial charge >= 0.3 is 0 Å². The molecule has 1 unspecified atom stereocenters. The first-order chi connectivity index (χ1) is 8.76. The Hall–Kier alpha value is -1.55. The molecule has 4 nitrogen and oxygen atoms in total. The van der Waals surface area contributed by atoms with Gasteiger partial charge in [-0.3, -0.25) is 4.40 Å². The Morgan fingerprint density at radius 3 is 3.06 bits per heavy atom. The van der Waals surface area contributed by atoms with Crippen molar-refractivity contribution in [1.82, 2.24) is 14.3 Å². The highest BCUT2D eigenvalue weighted by Crippen LogP contribution is 2.21. The van der Waals surface area contributed by atoms with Crippen molar-refractivity contribution in [2.24, 2.45) is 5.92 Å². The lowest BCUT2D eigenvalue weighted by Gasteiger charge is -2.07. The smallest absolute Gasteiger partial charge is 0.198 e. The van der Waals surface area contributed by atoms with Gasteiger partial charge in [0.2, 0.25) is 0 Å². The molecule has 18 heavy (non-hydrogen) atoms. The zero-order valence-corrected chi connectivity index (χ0v) is 11.0. The standard InChI is InChI=1S/C14H19N3O/c1-16-7-6-11(9-16)8-12-10-17-13(15-12)4-3-5-14(17)18-2/h3-5,10-11H,6-9H2,1-2H3. The van der Waals surface area contributed by atoms with Crippen LogP contribution in [-0.2, 0) is 6.42 Å². The van der Waals surface area contributed by atoms with E-state index in [-0.39, 0.29) is 0 Å². The van der Waals surface area contributed by atoms with Crippen molar-refractivity contribution in [1.29, 1.82) is 0 Å². The molecular weight excluding hydrogens is 226 g/mol. The topological polar surface area (TPSA) is 29.8 Å². The Bertz CT molecular complexity index is 549. The Kier molecular flexibility index (Phi) is 2.96. The number of likely N-dealkylation sites (tertiary alicyclic amines) is 1. The van der Waals surface area contributed by atoms with Crippen molar-refractivity contribution < 1.29 is 4.74 Å². The van der Waals surface area contributed by atoms with Gasteiger partial charge in [-0.05, 0) is 44.5 Å². The summed E-state index contributed by atoms with van der Waals surface area (Å²) >= 11 is 0. The molecule has 4 heteroatoms. The van der Waals surface area contributed by atoms with Crippen molar-refractivity contribution >= 4 is 5.65 Å². The first-order valence-electron chi connectivity index (χ1n) is 6.46. The van der Waals surface area contributed by atoms with Crippen LogP contribution < -0.4 is 4.74 Å². The number of methoxy groups -OCH3 is 1. The van der Waals surface area contributed by atoms with Crippen molar-refractivity contribution in [2.75, 3.05) is 27.2 Å². The van der Waals surface area contributed by atoms with Gasteiger partial charge in [0.25, 0.3) is 0 Å². The summed E-state index contributed by atoms with van der Waals surface area (Å²) in [6.45, 7) is 2.40. The molecule has 3 heterocycles. The van der Waals surface area contributed by atoms with Gasteiger partial charge in [0, 0.05) is 12.7 Å². The van der Waals surface area contributed by atoms with E-state index in [2.05, 4.69) is 23.1 Å². The van der Waals surface area contributed by atoms with Crippen LogP contribution in [0.25, 0.3) is 5.65 Å². The van der Waals surface area contributed by atoms with E-state index in [1.54, 1.807) is 7.11 Å². The Labute approximate surface area is 107 Å². The van der Waals surface area contributed by atoms with Crippen LogP contribution in [-0.4, -0.2) is 41.5 Å². The number of hydrogen-bond acceptors (Lipinski definition) is 3. The van der Waals surface area contributed by atoms with E-state index < -0.39 is 0 Å². The molecule has 2 aromatic rings. The summed E-state index contributed by atoms with van der Waals surface area (Å²) in [5.74, 6) is 1.58. The number of aromatic nitrogens is 2. The van der Waals surface area contributed by atoms with Gasteiger partial charge in [-0.2, -0.15) is 0 Å². The average molecular weight is 245 g/mol. The fourth-order valence-electron chi connectivity index (χ4n) is 2.79. The molecule has 0 bridgehead atoms. The molecule has 0 saturated carbocycles. The maximum absolute atomic E-state index is 5.34. The van der Waals surface area contributed by atoms with Crippen LogP contribution in [0.15, 0.2) is 24.4 Å². The highest BCUT2D eigenvalue weighted by molar-refractivity contribution is 5.43. The molecule has 1 fully saturated rings. The van der Waals surface area contributed by atoms with E-state index in [0.29, 0.717) is 0 Å². The monoisotopic (exact) mass is 245 g/mol. The SMILES string of the molecule is COc1cccc2nc(CC3CCN(C)C3)cn12. The molecule has 1 aliphatic heterocycles. The van der Waals surface area contributed by atoms with Crippen molar-refractivity contribution in [2.45, 2.75) is 12.8 Å². The van der Waals surface area contributed by atoms with Gasteiger partial charge < -0.3 is 9.64 Å². The van der Waals surface area contributed by atoms with Crippen molar-refractivity contribution in [3.63, 3.8) is 0 Å². The van der Waals surface area contributed by atoms with Gasteiger partial charge in [0.1, 0.15) is 5.65 Å². The molecule has 0 aliphatic carbocycles. The molecule has 1 atom stereocenters. The predicted molar refractivity (Wildman–Crippen MR) is 71.1 cm³/mol. The molecule has 2 aromatic heterocycles. The number of fused-ring (bicyclic) bond motifs is 1. The van der Waals surface area contributed by atoms with Crippen molar-refractivity contribution in [3.05, 3.63) is 30.1 Å². The molecule has 0 radical (unpaired) electrons. The molecule has 0 N–H and O–H groups in total. The third kappa shape index (κ3) is 2.08. The van der Waals surface area contributed by atoms with E-state index in [0.717, 1.165) is 23.9 Å². The van der Waals surface area contributed by atoms with E-state index in [1.165, 1.54) is 25.2 Å². The van der Waals surface area contributed by atoms with E-state index in [4.69, 9.17) is 4.74 Å². The highest BCUT2D eigenvalue weighted by atomic mass is 16.5. The number of rotatable bonds is 3. The minimum atomic E-state index is 0.742. The lowest BCUT2D eigenvalue weighted by molar-refractivity contribution is 0.391. The molecular formula is C14H19N3O. The average Bonchev–Trinajstić information content (AvgIpc) is 2.94. The molecule has 1 saturated heterocycles. The zero-order chi connectivity index (χ0) is 12.5. The fourth-order valence-corrected chi connectivity index (χ4v) is 2.79. The number of ether oxygens (including phenoxy) is 1. The summed E-state index contributed by atoms with van der Waals surface area (Å²) in [5.41, 5.74) is 2.13. The van der Waals surface area contributed by atoms with Crippen LogP contribution in [0.2, 0.25) is 0 Å². The fraction of sp³-hybridized carbons (Fsp3) is 0.500.